The molecular formula is C44H76O14P2. The molecule has 0 aromatic rings. The zero-order valence-corrected chi connectivity index (χ0v) is 38.0. The Hall–Kier alpha value is -2.22. The van der Waals surface area contributed by atoms with Crippen LogP contribution in [0, 0.1) is 0 Å². The predicted octanol–water partition coefficient (Wildman–Crippen LogP) is 10.2. The van der Waals surface area contributed by atoms with Gasteiger partial charge in [0.15, 0.2) is 6.10 Å². The lowest BCUT2D eigenvalue weighted by molar-refractivity contribution is -0.161. The minimum Gasteiger partial charge on any atom is -0.462 e. The smallest absolute Gasteiger partial charge is 0.462 e. The van der Waals surface area contributed by atoms with E-state index in [-0.39, 0.29) is 25.0 Å². The maximum atomic E-state index is 12.7. The zero-order chi connectivity index (χ0) is 44.2. The molecule has 0 saturated carbocycles. The third-order valence-electron chi connectivity index (χ3n) is 9.30. The third-order valence-corrected chi connectivity index (χ3v) is 10.7. The van der Waals surface area contributed by atoms with Crippen LogP contribution in [-0.2, 0) is 46.5 Å². The molecule has 0 bridgehead atoms. The molecule has 1 aliphatic rings. The van der Waals surface area contributed by atoms with Crippen molar-refractivity contribution in [3.63, 3.8) is 0 Å². The van der Waals surface area contributed by atoms with E-state index in [9.17, 15) is 28.7 Å². The maximum absolute atomic E-state index is 12.7. The van der Waals surface area contributed by atoms with Gasteiger partial charge in [0.25, 0.3) is 0 Å². The molecule has 16 heteroatoms. The first-order valence-corrected chi connectivity index (χ1v) is 25.1. The van der Waals surface area contributed by atoms with Gasteiger partial charge in [-0.25, -0.2) is 9.13 Å². The van der Waals surface area contributed by atoms with Gasteiger partial charge in [0.05, 0.1) is 32.0 Å². The van der Waals surface area contributed by atoms with Crippen molar-refractivity contribution in [1.29, 1.82) is 0 Å². The van der Waals surface area contributed by atoms with Gasteiger partial charge in [-0.3, -0.25) is 23.2 Å². The van der Waals surface area contributed by atoms with Crippen molar-refractivity contribution < 1.29 is 66.3 Å². The first-order chi connectivity index (χ1) is 28.8. The van der Waals surface area contributed by atoms with Crippen molar-refractivity contribution >= 4 is 27.6 Å². The lowest BCUT2D eigenvalue weighted by Gasteiger charge is -2.20. The molecule has 1 heterocycles. The van der Waals surface area contributed by atoms with E-state index in [1.54, 1.807) is 0 Å². The number of phosphoric ester groups is 2. The molecule has 1 fully saturated rings. The number of epoxide rings is 1. The molecule has 0 aromatic carbocycles. The summed E-state index contributed by atoms with van der Waals surface area (Å²) in [6.45, 7) is 1.61. The molecule has 1 saturated heterocycles. The number of hydrogen-bond donors (Lipinski definition) is 4. The van der Waals surface area contributed by atoms with Crippen LogP contribution < -0.4 is 0 Å². The van der Waals surface area contributed by atoms with Crippen molar-refractivity contribution in [2.45, 2.75) is 180 Å². The summed E-state index contributed by atoms with van der Waals surface area (Å²) in [5.74, 6) is -1.13. The van der Waals surface area contributed by atoms with Crippen LogP contribution in [0.4, 0.5) is 0 Å². The van der Waals surface area contributed by atoms with Gasteiger partial charge < -0.3 is 34.0 Å². The molecule has 4 N–H and O–H groups in total. The van der Waals surface area contributed by atoms with Gasteiger partial charge in [0.2, 0.25) is 0 Å². The minimum absolute atomic E-state index is 0.0962. The van der Waals surface area contributed by atoms with Gasteiger partial charge in [-0.1, -0.05) is 126 Å². The van der Waals surface area contributed by atoms with E-state index in [1.807, 2.05) is 6.08 Å². The average Bonchev–Trinajstić information content (AvgIpc) is 3.96. The lowest BCUT2D eigenvalue weighted by atomic mass is 10.1. The van der Waals surface area contributed by atoms with Gasteiger partial charge in [0.1, 0.15) is 12.7 Å². The molecule has 60 heavy (non-hydrogen) atoms. The molecule has 0 aromatic heterocycles. The first kappa shape index (κ1) is 55.8. The van der Waals surface area contributed by atoms with E-state index in [2.05, 4.69) is 77.6 Å². The highest BCUT2D eigenvalue weighted by Gasteiger charge is 2.36. The van der Waals surface area contributed by atoms with Crippen LogP contribution in [0.3, 0.4) is 0 Å². The van der Waals surface area contributed by atoms with Crippen molar-refractivity contribution in [1.82, 2.24) is 0 Å². The Morgan fingerprint density at radius 2 is 1.08 bits per heavy atom. The molecule has 5 atom stereocenters. The predicted molar refractivity (Wildman–Crippen MR) is 234 cm³/mol. The van der Waals surface area contributed by atoms with E-state index < -0.39 is 66.2 Å². The van der Waals surface area contributed by atoms with Crippen molar-refractivity contribution in [3.8, 4) is 0 Å². The van der Waals surface area contributed by atoms with Crippen LogP contribution in [0.2, 0.25) is 0 Å². The van der Waals surface area contributed by atoms with Crippen LogP contribution in [0.5, 0.6) is 0 Å². The van der Waals surface area contributed by atoms with E-state index in [4.69, 9.17) is 28.5 Å². The molecule has 346 valence electrons. The number of ether oxygens (including phenoxy) is 3. The van der Waals surface area contributed by atoms with E-state index >= 15 is 0 Å². The number of aliphatic hydroxyl groups is 1. The molecule has 3 unspecified atom stereocenters. The standard InChI is InChI=1S/C44H76O14P2/c1-3-5-7-9-11-13-14-15-16-17-18-20-22-24-30-34-44(47)57-40(38-56-60(51,52)55-36-39(45)35-54-59(48,49)50)37-53-43(46)33-29-26-25-28-32-42-41(58-42)31-27-23-21-19-12-10-8-6-4-2/h12-16,19,23,25,27-28,39-42,45H,3-11,17-18,20-22,24,26,29-38H2,1-2H3,(H,51,52)(H2,48,49,50)/b14-13-,16-15-,19-12-,27-23-,28-25-/t39-,40+,41?,42?/m0/s1. The van der Waals surface area contributed by atoms with E-state index in [0.29, 0.717) is 19.3 Å². The average molecular weight is 891 g/mol. The molecule has 1 aliphatic heterocycles. The number of aliphatic hydroxyl groups excluding tert-OH is 1. The first-order valence-electron chi connectivity index (χ1n) is 22.1. The summed E-state index contributed by atoms with van der Waals surface area (Å²) in [4.78, 5) is 52.7. The number of esters is 2. The van der Waals surface area contributed by atoms with Crippen LogP contribution in [0.1, 0.15) is 155 Å². The fourth-order valence-electron chi connectivity index (χ4n) is 5.78. The Morgan fingerprint density at radius 3 is 1.77 bits per heavy atom. The van der Waals surface area contributed by atoms with Crippen LogP contribution >= 0.6 is 15.6 Å². The second-order valence-corrected chi connectivity index (χ2v) is 17.7. The Morgan fingerprint density at radius 1 is 0.583 bits per heavy atom. The van der Waals surface area contributed by atoms with Gasteiger partial charge >= 0.3 is 27.6 Å². The van der Waals surface area contributed by atoms with Crippen molar-refractivity contribution in [2.75, 3.05) is 26.4 Å². The summed E-state index contributed by atoms with van der Waals surface area (Å²) in [5, 5.41) is 9.75. The van der Waals surface area contributed by atoms with Gasteiger partial charge in [0, 0.05) is 12.8 Å². The molecule has 0 spiro atoms. The van der Waals surface area contributed by atoms with Crippen LogP contribution in [0.15, 0.2) is 60.8 Å². The summed E-state index contributed by atoms with van der Waals surface area (Å²) >= 11 is 0. The normalized spacial score (nSPS) is 18.0. The number of phosphoric acid groups is 2. The number of carbonyl (C=O) groups excluding carboxylic acids is 2. The van der Waals surface area contributed by atoms with Crippen LogP contribution in [0.25, 0.3) is 0 Å². The summed E-state index contributed by atoms with van der Waals surface area (Å²) < 4.78 is 53.5. The molecule has 0 aliphatic carbocycles. The van der Waals surface area contributed by atoms with Crippen LogP contribution in [-0.4, -0.2) is 82.6 Å². The van der Waals surface area contributed by atoms with Crippen molar-refractivity contribution in [3.05, 3.63) is 60.8 Å². The highest BCUT2D eigenvalue weighted by atomic mass is 31.2. The molecule has 1 rings (SSSR count). The van der Waals surface area contributed by atoms with E-state index in [1.165, 1.54) is 44.9 Å². The highest BCUT2D eigenvalue weighted by molar-refractivity contribution is 7.47. The fraction of sp³-hybridized carbons (Fsp3) is 0.727. The number of carbonyl (C=O) groups is 2. The maximum Gasteiger partial charge on any atom is 0.472 e. The number of hydrogen-bond acceptors (Lipinski definition) is 11. The Kier molecular flexibility index (Phi) is 33.7. The Bertz CT molecular complexity index is 1360. The quantitative estimate of drug-likeness (QED) is 0.0113. The monoisotopic (exact) mass is 890 g/mol. The summed E-state index contributed by atoms with van der Waals surface area (Å²) in [6, 6.07) is 0. The molecule has 0 amide bonds. The molecule has 14 nitrogen and oxygen atoms in total. The second kappa shape index (κ2) is 36.3. The van der Waals surface area contributed by atoms with Crippen molar-refractivity contribution in [2.24, 2.45) is 0 Å². The zero-order valence-electron chi connectivity index (χ0n) is 36.2. The third kappa shape index (κ3) is 36.4. The van der Waals surface area contributed by atoms with Gasteiger partial charge in [-0.15, -0.1) is 0 Å². The van der Waals surface area contributed by atoms with E-state index in [0.717, 1.165) is 64.2 Å². The number of unbranched alkanes of at least 4 members (excludes halogenated alkanes) is 13. The topological polar surface area (TPSA) is 208 Å². The Balaban J connectivity index is 2.42. The number of rotatable bonds is 40. The van der Waals surface area contributed by atoms with Gasteiger partial charge in [-0.05, 0) is 77.0 Å². The summed E-state index contributed by atoms with van der Waals surface area (Å²) in [6.07, 6.45) is 39.5. The lowest BCUT2D eigenvalue weighted by Crippen LogP contribution is -2.30. The minimum atomic E-state index is -4.87. The number of allylic oxidation sites excluding steroid dienone is 8. The Labute approximate surface area is 359 Å². The highest BCUT2D eigenvalue weighted by Crippen LogP contribution is 2.44. The second-order valence-electron chi connectivity index (χ2n) is 15.0. The molecular weight excluding hydrogens is 814 g/mol. The SMILES string of the molecule is CCCCC/C=C\C/C=C\CC1OC1C/C=C\CCCC(=O)OC[C@H](COP(=O)(O)OC[C@@H](O)COP(=O)(O)O)OC(=O)CCCCCCC/C=C\C=C/CCCCCC. The van der Waals surface area contributed by atoms with Gasteiger partial charge in [-0.2, -0.15) is 0 Å². The molecule has 0 radical (unpaired) electrons. The summed E-state index contributed by atoms with van der Waals surface area (Å²) in [7, 11) is -9.70. The largest absolute Gasteiger partial charge is 0.472 e. The fourth-order valence-corrected chi connectivity index (χ4v) is 6.94. The summed E-state index contributed by atoms with van der Waals surface area (Å²) in [5.41, 5.74) is 0.